The number of rotatable bonds is 4. The maximum absolute atomic E-state index is 12.1. The van der Waals surface area contributed by atoms with Gasteiger partial charge < -0.3 is 10.2 Å². The van der Waals surface area contributed by atoms with E-state index in [4.69, 9.17) is 0 Å². The second-order valence-electron chi connectivity index (χ2n) is 4.20. The van der Waals surface area contributed by atoms with Crippen LogP contribution in [0, 0.1) is 0 Å². The van der Waals surface area contributed by atoms with Gasteiger partial charge in [-0.1, -0.05) is 6.07 Å². The summed E-state index contributed by atoms with van der Waals surface area (Å²) in [7, 11) is 1.94. The number of amides is 1. The summed E-state index contributed by atoms with van der Waals surface area (Å²) >= 11 is 1.66. The zero-order chi connectivity index (χ0) is 11.4. The van der Waals surface area contributed by atoms with E-state index in [-0.39, 0.29) is 5.91 Å². The topological polar surface area (TPSA) is 32.3 Å². The summed E-state index contributed by atoms with van der Waals surface area (Å²) in [4.78, 5) is 15.3. The minimum absolute atomic E-state index is 0.278. The SMILES string of the molecule is CNCC1CCCN1C(=O)Cc1cccs1. The molecule has 3 nitrogen and oxygen atoms in total. The van der Waals surface area contributed by atoms with Crippen molar-refractivity contribution in [3.05, 3.63) is 22.4 Å². The lowest BCUT2D eigenvalue weighted by atomic mass is 10.2. The molecule has 0 saturated carbocycles. The quantitative estimate of drug-likeness (QED) is 0.862. The minimum atomic E-state index is 0.278. The van der Waals surface area contributed by atoms with Crippen LogP contribution in [0.4, 0.5) is 0 Å². The van der Waals surface area contributed by atoms with Crippen molar-refractivity contribution < 1.29 is 4.79 Å². The van der Waals surface area contributed by atoms with Gasteiger partial charge in [-0.15, -0.1) is 11.3 Å². The van der Waals surface area contributed by atoms with Crippen molar-refractivity contribution in [2.75, 3.05) is 20.1 Å². The first-order chi connectivity index (χ1) is 7.81. The first-order valence-corrected chi connectivity index (χ1v) is 6.65. The van der Waals surface area contributed by atoms with Gasteiger partial charge in [0.1, 0.15) is 0 Å². The van der Waals surface area contributed by atoms with Crippen LogP contribution < -0.4 is 5.32 Å². The van der Waals surface area contributed by atoms with Gasteiger partial charge in [0.2, 0.25) is 5.91 Å². The highest BCUT2D eigenvalue weighted by molar-refractivity contribution is 7.10. The Bertz CT molecular complexity index is 337. The average Bonchev–Trinajstić information content (AvgIpc) is 2.89. The van der Waals surface area contributed by atoms with Crippen LogP contribution in [0.5, 0.6) is 0 Å². The highest BCUT2D eigenvalue weighted by Gasteiger charge is 2.27. The lowest BCUT2D eigenvalue weighted by Gasteiger charge is -2.24. The molecule has 1 aromatic rings. The summed E-state index contributed by atoms with van der Waals surface area (Å²) in [6, 6.07) is 4.44. The molecule has 1 N–H and O–H groups in total. The van der Waals surface area contributed by atoms with Crippen LogP contribution in [0.25, 0.3) is 0 Å². The standard InChI is InChI=1S/C12H18N2OS/c1-13-9-10-4-2-6-14(10)12(15)8-11-5-3-7-16-11/h3,5,7,10,13H,2,4,6,8-9H2,1H3. The van der Waals surface area contributed by atoms with Gasteiger partial charge in [-0.3, -0.25) is 4.79 Å². The average molecular weight is 238 g/mol. The number of hydrogen-bond donors (Lipinski definition) is 1. The first-order valence-electron chi connectivity index (χ1n) is 5.77. The number of nitrogens with zero attached hydrogens (tertiary/aromatic N) is 1. The molecular formula is C12H18N2OS. The molecule has 0 bridgehead atoms. The summed E-state index contributed by atoms with van der Waals surface area (Å²) in [5.74, 6) is 0.278. The van der Waals surface area contributed by atoms with Crippen LogP contribution in [0.3, 0.4) is 0 Å². The van der Waals surface area contributed by atoms with E-state index in [9.17, 15) is 4.79 Å². The Hall–Kier alpha value is -0.870. The number of nitrogens with one attached hydrogen (secondary N) is 1. The molecule has 2 heterocycles. The number of hydrogen-bond acceptors (Lipinski definition) is 3. The number of likely N-dealkylation sites (tertiary alicyclic amines) is 1. The van der Waals surface area contributed by atoms with Crippen molar-refractivity contribution in [3.63, 3.8) is 0 Å². The largest absolute Gasteiger partial charge is 0.338 e. The van der Waals surface area contributed by atoms with Crippen molar-refractivity contribution in [2.24, 2.45) is 0 Å². The van der Waals surface area contributed by atoms with Gasteiger partial charge in [0.05, 0.1) is 6.42 Å². The van der Waals surface area contributed by atoms with Crippen LogP contribution in [-0.2, 0) is 11.2 Å². The van der Waals surface area contributed by atoms with Crippen molar-refractivity contribution in [2.45, 2.75) is 25.3 Å². The van der Waals surface area contributed by atoms with E-state index < -0.39 is 0 Å². The van der Waals surface area contributed by atoms with Gasteiger partial charge in [-0.05, 0) is 31.3 Å². The fourth-order valence-electron chi connectivity index (χ4n) is 2.28. The summed E-state index contributed by atoms with van der Waals surface area (Å²) in [5, 5.41) is 5.19. The summed E-state index contributed by atoms with van der Waals surface area (Å²) in [6.45, 7) is 1.84. The van der Waals surface area contributed by atoms with Crippen LogP contribution in [0.1, 0.15) is 17.7 Å². The van der Waals surface area contributed by atoms with Crippen molar-refractivity contribution in [3.8, 4) is 0 Å². The Morgan fingerprint density at radius 1 is 1.69 bits per heavy atom. The van der Waals surface area contributed by atoms with E-state index in [0.29, 0.717) is 12.5 Å². The van der Waals surface area contributed by atoms with E-state index in [0.717, 1.165) is 25.9 Å². The summed E-state index contributed by atoms with van der Waals surface area (Å²) < 4.78 is 0. The molecule has 1 aliphatic rings. The third kappa shape index (κ3) is 2.62. The molecule has 0 aromatic carbocycles. The number of carbonyl (C=O) groups is 1. The zero-order valence-corrected chi connectivity index (χ0v) is 10.4. The summed E-state index contributed by atoms with van der Waals surface area (Å²) in [6.07, 6.45) is 2.84. The molecule has 0 radical (unpaired) electrons. The highest BCUT2D eigenvalue weighted by Crippen LogP contribution is 2.19. The summed E-state index contributed by atoms with van der Waals surface area (Å²) in [5.41, 5.74) is 0. The zero-order valence-electron chi connectivity index (χ0n) is 9.61. The molecule has 1 atom stereocenters. The van der Waals surface area contributed by atoms with E-state index in [1.165, 1.54) is 4.88 Å². The van der Waals surface area contributed by atoms with Crippen LogP contribution >= 0.6 is 11.3 Å². The number of thiophene rings is 1. The van der Waals surface area contributed by atoms with Crippen molar-refractivity contribution in [1.29, 1.82) is 0 Å². The van der Waals surface area contributed by atoms with E-state index in [1.807, 2.05) is 29.5 Å². The molecule has 88 valence electrons. The van der Waals surface area contributed by atoms with Crippen LogP contribution in [0.2, 0.25) is 0 Å². The second kappa shape index (κ2) is 5.46. The third-order valence-electron chi connectivity index (χ3n) is 3.04. The molecule has 2 rings (SSSR count). The highest BCUT2D eigenvalue weighted by atomic mass is 32.1. The molecular weight excluding hydrogens is 220 g/mol. The van der Waals surface area contributed by atoms with Gasteiger partial charge in [0, 0.05) is 24.0 Å². The fourth-order valence-corrected chi connectivity index (χ4v) is 2.97. The van der Waals surface area contributed by atoms with Gasteiger partial charge in [0.25, 0.3) is 0 Å². The Morgan fingerprint density at radius 2 is 2.56 bits per heavy atom. The maximum Gasteiger partial charge on any atom is 0.228 e. The number of carbonyl (C=O) groups excluding carboxylic acids is 1. The Labute approximate surface area is 100 Å². The molecule has 1 aromatic heterocycles. The predicted octanol–water partition coefficient (Wildman–Crippen LogP) is 1.50. The van der Waals surface area contributed by atoms with Crippen LogP contribution in [-0.4, -0.2) is 37.0 Å². The monoisotopic (exact) mass is 238 g/mol. The lowest BCUT2D eigenvalue weighted by Crippen LogP contribution is -2.41. The van der Waals surface area contributed by atoms with Crippen LogP contribution in [0.15, 0.2) is 17.5 Å². The molecule has 4 heteroatoms. The molecule has 1 amide bonds. The molecule has 0 spiro atoms. The lowest BCUT2D eigenvalue weighted by molar-refractivity contribution is -0.131. The smallest absolute Gasteiger partial charge is 0.228 e. The van der Waals surface area contributed by atoms with E-state index in [1.54, 1.807) is 11.3 Å². The normalized spacial score (nSPS) is 20.3. The Balaban J connectivity index is 1.93. The van der Waals surface area contributed by atoms with Crippen molar-refractivity contribution >= 4 is 17.2 Å². The van der Waals surface area contributed by atoms with E-state index >= 15 is 0 Å². The predicted molar refractivity (Wildman–Crippen MR) is 66.7 cm³/mol. The Morgan fingerprint density at radius 3 is 3.25 bits per heavy atom. The molecule has 0 aliphatic carbocycles. The third-order valence-corrected chi connectivity index (χ3v) is 3.92. The van der Waals surface area contributed by atoms with Crippen molar-refractivity contribution in [1.82, 2.24) is 10.2 Å². The molecule has 1 saturated heterocycles. The molecule has 1 fully saturated rings. The van der Waals surface area contributed by atoms with Gasteiger partial charge in [-0.25, -0.2) is 0 Å². The van der Waals surface area contributed by atoms with Gasteiger partial charge >= 0.3 is 0 Å². The Kier molecular flexibility index (Phi) is 3.96. The second-order valence-corrected chi connectivity index (χ2v) is 5.23. The maximum atomic E-state index is 12.1. The molecule has 16 heavy (non-hydrogen) atoms. The van der Waals surface area contributed by atoms with Gasteiger partial charge in [-0.2, -0.15) is 0 Å². The first kappa shape index (κ1) is 11.6. The molecule has 1 unspecified atom stereocenters. The number of likely N-dealkylation sites (N-methyl/N-ethyl adjacent to an activating group) is 1. The fraction of sp³-hybridized carbons (Fsp3) is 0.583. The molecule has 1 aliphatic heterocycles. The minimum Gasteiger partial charge on any atom is -0.338 e. The van der Waals surface area contributed by atoms with Gasteiger partial charge in [0.15, 0.2) is 0 Å². The van der Waals surface area contributed by atoms with E-state index in [2.05, 4.69) is 5.32 Å².